The largest absolute Gasteiger partial charge is 0.313 e. The van der Waals surface area contributed by atoms with Crippen LogP contribution in [0.25, 0.3) is 0 Å². The number of hydrogen-bond acceptors (Lipinski definition) is 3. The summed E-state index contributed by atoms with van der Waals surface area (Å²) in [5, 5.41) is 3.85. The van der Waals surface area contributed by atoms with Crippen LogP contribution in [-0.4, -0.2) is 49.1 Å². The van der Waals surface area contributed by atoms with Crippen molar-refractivity contribution >= 4 is 11.8 Å². The maximum atomic E-state index is 3.85. The van der Waals surface area contributed by atoms with Crippen molar-refractivity contribution in [3.8, 4) is 0 Å². The van der Waals surface area contributed by atoms with Gasteiger partial charge in [-0.1, -0.05) is 25.7 Å². The molecule has 1 atom stereocenters. The zero-order valence-electron chi connectivity index (χ0n) is 14.5. The van der Waals surface area contributed by atoms with Gasteiger partial charge in [-0.2, -0.15) is 11.8 Å². The smallest absolute Gasteiger partial charge is 0.00719 e. The molecule has 3 heteroatoms. The summed E-state index contributed by atoms with van der Waals surface area (Å²) in [6, 6.07) is 1.57. The van der Waals surface area contributed by atoms with Crippen LogP contribution in [0.1, 0.15) is 64.7 Å². The molecule has 0 saturated heterocycles. The normalized spacial score (nSPS) is 24.0. The van der Waals surface area contributed by atoms with E-state index in [0.717, 1.165) is 12.1 Å². The van der Waals surface area contributed by atoms with Gasteiger partial charge in [-0.15, -0.1) is 0 Å². The molecule has 1 unspecified atom stereocenters. The molecule has 2 saturated carbocycles. The summed E-state index contributed by atoms with van der Waals surface area (Å²) >= 11 is 1.98. The Morgan fingerprint density at radius 1 is 1.19 bits per heavy atom. The molecule has 2 fully saturated rings. The van der Waals surface area contributed by atoms with Crippen LogP contribution in [-0.2, 0) is 0 Å². The molecule has 0 aromatic carbocycles. The van der Waals surface area contributed by atoms with E-state index in [0.29, 0.717) is 5.41 Å². The van der Waals surface area contributed by atoms with E-state index < -0.39 is 0 Å². The predicted molar refractivity (Wildman–Crippen MR) is 96.3 cm³/mol. The van der Waals surface area contributed by atoms with Gasteiger partial charge >= 0.3 is 0 Å². The molecule has 0 amide bonds. The van der Waals surface area contributed by atoms with Crippen LogP contribution in [0, 0.1) is 5.41 Å². The minimum absolute atomic E-state index is 0.543. The van der Waals surface area contributed by atoms with Crippen LogP contribution in [0.2, 0.25) is 0 Å². The molecule has 2 rings (SSSR count). The molecule has 2 aliphatic carbocycles. The Balaban J connectivity index is 1.89. The fourth-order valence-electron chi connectivity index (χ4n) is 3.71. The van der Waals surface area contributed by atoms with Crippen LogP contribution >= 0.6 is 11.8 Å². The lowest BCUT2D eigenvalue weighted by atomic mass is 9.79. The minimum Gasteiger partial charge on any atom is -0.313 e. The summed E-state index contributed by atoms with van der Waals surface area (Å²) in [6.07, 6.45) is 15.0. The van der Waals surface area contributed by atoms with E-state index >= 15 is 0 Å². The van der Waals surface area contributed by atoms with Crippen molar-refractivity contribution in [1.82, 2.24) is 10.2 Å². The molecule has 0 heterocycles. The van der Waals surface area contributed by atoms with Gasteiger partial charge in [0.15, 0.2) is 0 Å². The van der Waals surface area contributed by atoms with Gasteiger partial charge in [-0.05, 0) is 63.5 Å². The quantitative estimate of drug-likeness (QED) is 0.644. The number of hydrogen-bond donors (Lipinski definition) is 1. The van der Waals surface area contributed by atoms with Crippen LogP contribution < -0.4 is 5.32 Å². The van der Waals surface area contributed by atoms with E-state index in [1.54, 1.807) is 0 Å². The van der Waals surface area contributed by atoms with Crippen molar-refractivity contribution in [1.29, 1.82) is 0 Å². The lowest BCUT2D eigenvalue weighted by Crippen LogP contribution is -2.46. The monoisotopic (exact) mass is 312 g/mol. The van der Waals surface area contributed by atoms with E-state index in [9.17, 15) is 0 Å². The standard InChI is InChI=1S/C18H36N2S/c1-16(10-13-21-3)20(2)15-18(14-19-17-8-9-17)11-6-4-5-7-12-18/h16-17,19H,4-15H2,1-3H3. The van der Waals surface area contributed by atoms with Crippen LogP contribution in [0.15, 0.2) is 0 Å². The van der Waals surface area contributed by atoms with E-state index in [1.165, 1.54) is 76.6 Å². The van der Waals surface area contributed by atoms with Crippen molar-refractivity contribution in [2.24, 2.45) is 5.41 Å². The molecular formula is C18H36N2S. The first-order valence-corrected chi connectivity index (χ1v) is 10.5. The summed E-state index contributed by atoms with van der Waals surface area (Å²) < 4.78 is 0. The first-order chi connectivity index (χ1) is 10.2. The molecule has 2 aliphatic rings. The third kappa shape index (κ3) is 6.11. The summed E-state index contributed by atoms with van der Waals surface area (Å²) in [5.41, 5.74) is 0.543. The molecule has 124 valence electrons. The highest BCUT2D eigenvalue weighted by atomic mass is 32.2. The zero-order chi connectivity index (χ0) is 15.1. The highest BCUT2D eigenvalue weighted by Gasteiger charge is 2.34. The molecule has 0 aromatic rings. The van der Waals surface area contributed by atoms with Gasteiger partial charge in [0, 0.05) is 25.2 Å². The zero-order valence-corrected chi connectivity index (χ0v) is 15.3. The Labute approximate surface area is 136 Å². The average molecular weight is 313 g/mol. The van der Waals surface area contributed by atoms with Crippen molar-refractivity contribution in [2.45, 2.75) is 76.8 Å². The Kier molecular flexibility index (Phi) is 7.37. The molecule has 0 radical (unpaired) electrons. The minimum atomic E-state index is 0.543. The first-order valence-electron chi connectivity index (χ1n) is 9.08. The molecule has 0 aromatic heterocycles. The van der Waals surface area contributed by atoms with E-state index in [1.807, 2.05) is 11.8 Å². The SMILES string of the molecule is CSCCC(C)N(C)CC1(CNC2CC2)CCCCCC1. The van der Waals surface area contributed by atoms with Gasteiger partial charge in [0.05, 0.1) is 0 Å². The summed E-state index contributed by atoms with van der Waals surface area (Å²) in [5.74, 6) is 1.29. The molecule has 0 aliphatic heterocycles. The van der Waals surface area contributed by atoms with Crippen molar-refractivity contribution < 1.29 is 0 Å². The molecule has 21 heavy (non-hydrogen) atoms. The fourth-order valence-corrected chi connectivity index (χ4v) is 4.29. The second kappa shape index (κ2) is 8.79. The number of nitrogens with zero attached hydrogens (tertiary/aromatic N) is 1. The first kappa shape index (κ1) is 17.6. The molecule has 0 spiro atoms. The van der Waals surface area contributed by atoms with Gasteiger partial charge in [-0.25, -0.2) is 0 Å². The summed E-state index contributed by atoms with van der Waals surface area (Å²) in [4.78, 5) is 2.65. The maximum absolute atomic E-state index is 3.85. The topological polar surface area (TPSA) is 15.3 Å². The van der Waals surface area contributed by atoms with Crippen molar-refractivity contribution in [2.75, 3.05) is 32.1 Å². The summed E-state index contributed by atoms with van der Waals surface area (Å²) in [7, 11) is 2.36. The molecular weight excluding hydrogens is 276 g/mol. The van der Waals surface area contributed by atoms with Crippen molar-refractivity contribution in [3.05, 3.63) is 0 Å². The molecule has 0 bridgehead atoms. The number of rotatable bonds is 9. The van der Waals surface area contributed by atoms with Gasteiger partial charge < -0.3 is 10.2 Å². The van der Waals surface area contributed by atoms with Crippen molar-refractivity contribution in [3.63, 3.8) is 0 Å². The van der Waals surface area contributed by atoms with E-state index in [2.05, 4.69) is 30.4 Å². The number of thioether (sulfide) groups is 1. The van der Waals surface area contributed by atoms with Gasteiger partial charge in [-0.3, -0.25) is 0 Å². The van der Waals surface area contributed by atoms with E-state index in [-0.39, 0.29) is 0 Å². The highest BCUT2D eigenvalue weighted by molar-refractivity contribution is 7.98. The fraction of sp³-hybridized carbons (Fsp3) is 1.00. The van der Waals surface area contributed by atoms with Crippen LogP contribution in [0.3, 0.4) is 0 Å². The maximum Gasteiger partial charge on any atom is 0.00719 e. The van der Waals surface area contributed by atoms with E-state index in [4.69, 9.17) is 0 Å². The Bertz CT molecular complexity index is 283. The van der Waals surface area contributed by atoms with Gasteiger partial charge in [0.2, 0.25) is 0 Å². The average Bonchev–Trinajstić information content (AvgIpc) is 3.30. The molecule has 2 nitrogen and oxygen atoms in total. The van der Waals surface area contributed by atoms with Crippen LogP contribution in [0.5, 0.6) is 0 Å². The molecule has 1 N–H and O–H groups in total. The third-order valence-electron chi connectivity index (χ3n) is 5.58. The number of nitrogens with one attached hydrogen (secondary N) is 1. The summed E-state index contributed by atoms with van der Waals surface area (Å²) in [6.45, 7) is 4.97. The Hall–Kier alpha value is 0.270. The Morgan fingerprint density at radius 2 is 1.86 bits per heavy atom. The highest BCUT2D eigenvalue weighted by Crippen LogP contribution is 2.36. The second-order valence-electron chi connectivity index (χ2n) is 7.61. The van der Waals surface area contributed by atoms with Gasteiger partial charge in [0.1, 0.15) is 0 Å². The lowest BCUT2D eigenvalue weighted by molar-refractivity contribution is 0.118. The second-order valence-corrected chi connectivity index (χ2v) is 8.60. The van der Waals surface area contributed by atoms with Crippen LogP contribution in [0.4, 0.5) is 0 Å². The third-order valence-corrected chi connectivity index (χ3v) is 6.23. The van der Waals surface area contributed by atoms with Gasteiger partial charge in [0.25, 0.3) is 0 Å². The predicted octanol–water partition coefficient (Wildman–Crippen LogP) is 4.15. The Morgan fingerprint density at radius 3 is 2.43 bits per heavy atom. The lowest BCUT2D eigenvalue weighted by Gasteiger charge is -2.39.